The normalized spacial score (nSPS) is 51.6. The standard InChI is InChI=1S/C58H89NO17/c1-32-10-13-41-35(4)44(66-47-28-53(7)22-16-38(32)56(41,47)74-71-53)19-25-63-48(60)29-59(30-49(61)64-26-20-45-36(5)42-14-11-33(2)39-17-23-54(8)69-51(67-45)57(39,42)75-72-54)31-50(62)65-27-21-46-37(6)43-15-12-34(3)40-18-24-55(9)70-52(68-46)58(40,43)76-73-55/h32-47,51-52H,10-31H2,1-9H3/t32-,33-,34-,35-,36-,37-,38+,39+,40+,41+,42+,43+,44?,45?,46?,47-,51-,52-,53+,54+,55+,56-,57-,58-/m1/s1. The van der Waals surface area contributed by atoms with Crippen molar-refractivity contribution >= 4 is 17.9 Å². The van der Waals surface area contributed by atoms with Crippen LogP contribution in [-0.2, 0) is 81.6 Å². The van der Waals surface area contributed by atoms with Crippen LogP contribution in [0.4, 0.5) is 0 Å². The van der Waals surface area contributed by atoms with Crippen LogP contribution in [0.5, 0.6) is 0 Å². The van der Waals surface area contributed by atoms with Crippen molar-refractivity contribution in [2.75, 3.05) is 39.5 Å². The van der Waals surface area contributed by atoms with Crippen LogP contribution >= 0.6 is 0 Å². The molecule has 18 nitrogen and oxygen atoms in total. The van der Waals surface area contributed by atoms with E-state index in [1.165, 1.54) is 4.90 Å². The Labute approximate surface area is 449 Å². The molecular formula is C58H89NO17. The summed E-state index contributed by atoms with van der Waals surface area (Å²) in [6.45, 7) is 18.8. The average molecular weight is 1070 g/mol. The van der Waals surface area contributed by atoms with Gasteiger partial charge in [-0.25, -0.2) is 29.3 Å². The SMILES string of the molecule is C[C@@H]1CC[C@H]2[C@@H](C)C(CCOC(=O)CN(CC(=O)OCCC3O[C@@H]4O[C@]5(C)CC[C@H]6[C@H](C)CC[C@@H]([C@H]3C)[C@@]46OO5)CC(=O)OCCC3O[C@@H]4C[C@]5(C)CC[C@H]6[C@H](C)CC[C@@H]([C@H]3C)[C@@]46OO5)O[C@@H]3O[C@]4(C)CC[C@@H]1[C@]32OO4. The molecule has 3 spiro atoms. The number of rotatable bonds is 15. The molecule has 0 amide bonds. The predicted molar refractivity (Wildman–Crippen MR) is 267 cm³/mol. The van der Waals surface area contributed by atoms with Gasteiger partial charge in [0.2, 0.25) is 11.6 Å². The van der Waals surface area contributed by atoms with Crippen molar-refractivity contribution in [3.8, 4) is 0 Å². The van der Waals surface area contributed by atoms with Gasteiger partial charge in [-0.05, 0) is 144 Å². The smallest absolute Gasteiger partial charge is 0.320 e. The Morgan fingerprint density at radius 3 is 1.28 bits per heavy atom. The fourth-order valence-electron chi connectivity index (χ4n) is 18.2. The molecular weight excluding hydrogens is 983 g/mol. The maximum Gasteiger partial charge on any atom is 0.320 e. The van der Waals surface area contributed by atoms with E-state index in [2.05, 4.69) is 48.5 Å². The Balaban J connectivity index is 0.676. The Kier molecular flexibility index (Phi) is 14.6. The van der Waals surface area contributed by atoms with E-state index >= 15 is 0 Å². The molecule has 11 saturated heterocycles. The fraction of sp³-hybridized carbons (Fsp3) is 0.948. The molecule has 0 aromatic carbocycles. The summed E-state index contributed by atoms with van der Waals surface area (Å²) < 4.78 is 51.3. The third-order valence-corrected chi connectivity index (χ3v) is 22.5. The molecule has 6 bridgehead atoms. The molecule has 15 fully saturated rings. The van der Waals surface area contributed by atoms with Crippen molar-refractivity contribution < 1.29 is 81.6 Å². The zero-order valence-corrected chi connectivity index (χ0v) is 46.8. The van der Waals surface area contributed by atoms with E-state index in [1.807, 2.05) is 13.8 Å². The molecule has 0 N–H and O–H groups in total. The first-order valence-corrected chi connectivity index (χ1v) is 29.9. The number of hydrogen-bond acceptors (Lipinski definition) is 18. The summed E-state index contributed by atoms with van der Waals surface area (Å²) in [5.74, 6) is -0.304. The first-order chi connectivity index (χ1) is 36.3. The quantitative estimate of drug-likeness (QED) is 0.0866. The lowest BCUT2D eigenvalue weighted by molar-refractivity contribution is -0.571. The molecule has 4 aliphatic carbocycles. The third kappa shape index (κ3) is 9.14. The highest BCUT2D eigenvalue weighted by atomic mass is 17.3. The maximum atomic E-state index is 13.8. The van der Waals surface area contributed by atoms with E-state index in [0.29, 0.717) is 42.9 Å². The monoisotopic (exact) mass is 1070 g/mol. The number of hydrogen-bond donors (Lipinski definition) is 0. The average Bonchev–Trinajstić information content (AvgIpc) is 3.98. The highest BCUT2D eigenvalue weighted by Gasteiger charge is 2.72. The van der Waals surface area contributed by atoms with E-state index in [9.17, 15) is 14.4 Å². The summed E-state index contributed by atoms with van der Waals surface area (Å²) >= 11 is 0. The second-order valence-corrected chi connectivity index (χ2v) is 27.1. The Morgan fingerprint density at radius 2 is 0.829 bits per heavy atom. The first kappa shape index (κ1) is 54.5. The van der Waals surface area contributed by atoms with Gasteiger partial charge in [0.1, 0.15) is 11.2 Å². The summed E-state index contributed by atoms with van der Waals surface area (Å²) in [4.78, 5) is 80.1. The third-order valence-electron chi connectivity index (χ3n) is 22.5. The lowest BCUT2D eigenvalue weighted by atomic mass is 9.56. The minimum Gasteiger partial charge on any atom is -0.465 e. The fourth-order valence-corrected chi connectivity index (χ4v) is 18.2. The second kappa shape index (κ2) is 20.4. The minimum atomic E-state index is -0.890. The number of carbonyl (C=O) groups is 3. The summed E-state index contributed by atoms with van der Waals surface area (Å²) in [7, 11) is 0. The van der Waals surface area contributed by atoms with Gasteiger partial charge < -0.3 is 37.9 Å². The van der Waals surface area contributed by atoms with Crippen LogP contribution in [0, 0.1) is 71.0 Å². The van der Waals surface area contributed by atoms with Crippen molar-refractivity contribution in [2.45, 2.75) is 236 Å². The maximum absolute atomic E-state index is 13.8. The Bertz CT molecular complexity index is 1940. The van der Waals surface area contributed by atoms with Crippen molar-refractivity contribution in [1.29, 1.82) is 0 Å². The number of esters is 3. The molecule has 11 aliphatic heterocycles. The lowest BCUT2D eigenvalue weighted by Crippen LogP contribution is -2.70. The molecule has 15 aliphatic rings. The Morgan fingerprint density at radius 1 is 0.447 bits per heavy atom. The van der Waals surface area contributed by atoms with Crippen LogP contribution < -0.4 is 0 Å². The van der Waals surface area contributed by atoms with Crippen molar-refractivity contribution in [3.63, 3.8) is 0 Å². The van der Waals surface area contributed by atoms with E-state index in [0.717, 1.165) is 83.5 Å². The van der Waals surface area contributed by atoms with Gasteiger partial charge in [0.05, 0.1) is 63.9 Å². The number of nitrogens with zero attached hydrogens (tertiary/aromatic N) is 1. The van der Waals surface area contributed by atoms with Crippen LogP contribution in [0.2, 0.25) is 0 Å². The summed E-state index contributed by atoms with van der Waals surface area (Å²) in [6, 6.07) is 0. The molecule has 0 radical (unpaired) electrons. The highest BCUT2D eigenvalue weighted by molar-refractivity contribution is 5.78. The van der Waals surface area contributed by atoms with Gasteiger partial charge in [0, 0.05) is 50.4 Å². The van der Waals surface area contributed by atoms with E-state index in [4.69, 9.17) is 67.2 Å². The van der Waals surface area contributed by atoms with Crippen molar-refractivity contribution in [3.05, 3.63) is 0 Å². The molecule has 18 heteroatoms. The van der Waals surface area contributed by atoms with Crippen LogP contribution in [0.3, 0.4) is 0 Å². The number of ether oxygens (including phenoxy) is 8. The molecule has 428 valence electrons. The van der Waals surface area contributed by atoms with Crippen molar-refractivity contribution in [2.24, 2.45) is 71.0 Å². The zero-order chi connectivity index (χ0) is 53.2. The first-order valence-electron chi connectivity index (χ1n) is 29.9. The van der Waals surface area contributed by atoms with Crippen molar-refractivity contribution in [1.82, 2.24) is 4.90 Å². The van der Waals surface area contributed by atoms with Gasteiger partial charge in [-0.3, -0.25) is 19.3 Å². The van der Waals surface area contributed by atoms with Crippen LogP contribution in [-0.4, -0.2) is 133 Å². The predicted octanol–water partition coefficient (Wildman–Crippen LogP) is 8.30. The Hall–Kier alpha value is -2.07. The van der Waals surface area contributed by atoms with Gasteiger partial charge in [-0.2, -0.15) is 0 Å². The van der Waals surface area contributed by atoms with Gasteiger partial charge in [0.25, 0.3) is 0 Å². The van der Waals surface area contributed by atoms with Crippen LogP contribution in [0.15, 0.2) is 0 Å². The van der Waals surface area contributed by atoms with E-state index < -0.39 is 64.5 Å². The van der Waals surface area contributed by atoms with Gasteiger partial charge in [-0.15, -0.1) is 0 Å². The van der Waals surface area contributed by atoms with Gasteiger partial charge in [-0.1, -0.05) is 41.5 Å². The van der Waals surface area contributed by atoms with E-state index in [1.54, 1.807) is 0 Å². The zero-order valence-electron chi connectivity index (χ0n) is 46.8. The van der Waals surface area contributed by atoms with Crippen LogP contribution in [0.1, 0.15) is 165 Å². The molecule has 24 atom stereocenters. The summed E-state index contributed by atoms with van der Waals surface area (Å²) in [5.41, 5.74) is -2.23. The molecule has 4 saturated carbocycles. The molecule has 15 rings (SSSR count). The second-order valence-electron chi connectivity index (χ2n) is 27.1. The highest BCUT2D eigenvalue weighted by Crippen LogP contribution is 2.64. The van der Waals surface area contributed by atoms with E-state index in [-0.39, 0.29) is 111 Å². The van der Waals surface area contributed by atoms with Crippen LogP contribution in [0.25, 0.3) is 0 Å². The topological polar surface area (TPSA) is 184 Å². The number of carbonyl (C=O) groups excluding carboxylic acids is 3. The largest absolute Gasteiger partial charge is 0.465 e. The molecule has 3 unspecified atom stereocenters. The lowest BCUT2D eigenvalue weighted by Gasteiger charge is -2.61. The molecule has 0 aromatic heterocycles. The minimum absolute atomic E-state index is 0.0822. The molecule has 0 aromatic rings. The summed E-state index contributed by atoms with van der Waals surface area (Å²) in [5, 5.41) is 0. The number of fused-ring (bicyclic) bond motifs is 6. The van der Waals surface area contributed by atoms with Gasteiger partial charge in [0.15, 0.2) is 23.8 Å². The molecule has 11 heterocycles. The summed E-state index contributed by atoms with van der Waals surface area (Å²) in [6.07, 6.45) is 11.9. The van der Waals surface area contributed by atoms with Gasteiger partial charge >= 0.3 is 17.9 Å². The molecule has 76 heavy (non-hydrogen) atoms.